The highest BCUT2D eigenvalue weighted by molar-refractivity contribution is 8.01. The molecule has 1 atom stereocenters. The summed E-state index contributed by atoms with van der Waals surface area (Å²) in [6.07, 6.45) is 0. The van der Waals surface area contributed by atoms with Crippen molar-refractivity contribution in [2.75, 3.05) is 18.1 Å². The van der Waals surface area contributed by atoms with E-state index in [1.807, 2.05) is 24.3 Å². The highest BCUT2D eigenvalue weighted by atomic mass is 35.5. The van der Waals surface area contributed by atoms with Crippen LogP contribution in [-0.2, 0) is 16.1 Å². The maximum atomic E-state index is 12.4. The van der Waals surface area contributed by atoms with Gasteiger partial charge in [-0.15, -0.1) is 11.8 Å². The lowest BCUT2D eigenvalue weighted by atomic mass is 10.2. The molecule has 3 rings (SSSR count). The second-order valence-electron chi connectivity index (χ2n) is 6.79. The van der Waals surface area contributed by atoms with Crippen LogP contribution in [0.1, 0.15) is 18.4 Å². The smallest absolute Gasteiger partial charge is 0.238 e. The molecule has 30 heavy (non-hydrogen) atoms. The molecule has 3 aromatic rings. The van der Waals surface area contributed by atoms with E-state index in [1.54, 1.807) is 44.0 Å². The summed E-state index contributed by atoms with van der Waals surface area (Å²) in [6, 6.07) is 12.7. The molecule has 0 unspecified atom stereocenters. The predicted molar refractivity (Wildman–Crippen MR) is 117 cm³/mol. The lowest BCUT2D eigenvalue weighted by molar-refractivity contribution is -0.127. The summed E-state index contributed by atoms with van der Waals surface area (Å²) in [4.78, 5) is 26.2. The van der Waals surface area contributed by atoms with Crippen LogP contribution < -0.4 is 5.32 Å². The van der Waals surface area contributed by atoms with Crippen LogP contribution in [0.25, 0.3) is 11.3 Å². The molecule has 1 aromatic carbocycles. The first-order valence-corrected chi connectivity index (χ1v) is 10.7. The number of anilines is 1. The Morgan fingerprint density at radius 2 is 1.97 bits per heavy atom. The topological polar surface area (TPSA) is 88.6 Å². The third kappa shape index (κ3) is 5.90. The maximum Gasteiger partial charge on any atom is 0.238 e. The first-order chi connectivity index (χ1) is 14.3. The van der Waals surface area contributed by atoms with Gasteiger partial charge in [0, 0.05) is 23.7 Å². The molecule has 0 radical (unpaired) electrons. The van der Waals surface area contributed by atoms with Crippen LogP contribution in [0.5, 0.6) is 0 Å². The van der Waals surface area contributed by atoms with Crippen molar-refractivity contribution in [2.45, 2.75) is 25.6 Å². The van der Waals surface area contributed by atoms with E-state index in [9.17, 15) is 9.59 Å². The van der Waals surface area contributed by atoms with Gasteiger partial charge in [-0.25, -0.2) is 0 Å². The minimum atomic E-state index is -0.417. The number of rotatable bonds is 8. The molecular weight excluding hydrogens is 426 g/mol. The number of nitrogens with zero attached hydrogens (tertiary/aromatic N) is 2. The predicted octanol–water partition coefficient (Wildman–Crippen LogP) is 4.62. The minimum Gasteiger partial charge on any atom is -0.459 e. The molecular formula is C21H22ClN3O4S. The minimum absolute atomic E-state index is 0.0960. The molecule has 0 spiro atoms. The molecule has 2 heterocycles. The summed E-state index contributed by atoms with van der Waals surface area (Å²) in [7, 11) is 1.70. The van der Waals surface area contributed by atoms with Crippen molar-refractivity contribution in [1.29, 1.82) is 0 Å². The van der Waals surface area contributed by atoms with E-state index in [4.69, 9.17) is 20.5 Å². The summed E-state index contributed by atoms with van der Waals surface area (Å²) in [5, 5.41) is 6.63. The fourth-order valence-electron chi connectivity index (χ4n) is 2.59. The lowest BCUT2D eigenvalue weighted by Crippen LogP contribution is -2.30. The summed E-state index contributed by atoms with van der Waals surface area (Å²) in [5.74, 6) is 2.21. The molecule has 0 saturated carbocycles. The molecule has 158 valence electrons. The summed E-state index contributed by atoms with van der Waals surface area (Å²) in [6.45, 7) is 3.82. The average molecular weight is 448 g/mol. The molecule has 2 aromatic heterocycles. The molecule has 0 aliphatic heterocycles. The van der Waals surface area contributed by atoms with E-state index in [0.29, 0.717) is 34.7 Å². The number of halogens is 1. The van der Waals surface area contributed by atoms with E-state index in [2.05, 4.69) is 10.5 Å². The Kier molecular flexibility index (Phi) is 7.23. The molecule has 0 aliphatic rings. The standard InChI is InChI=1S/C21H22ClN3O4S/c1-13-10-19(24-29-13)23-21(27)14(2)30-12-20(26)25(3)11-17-8-9-18(28-17)15-4-6-16(22)7-5-15/h4-10,14H,11-12H2,1-3H3,(H,23,24,27)/t14-/m0/s1. The van der Waals surface area contributed by atoms with Gasteiger partial charge in [-0.05, 0) is 50.2 Å². The lowest BCUT2D eigenvalue weighted by Gasteiger charge is -2.17. The van der Waals surface area contributed by atoms with Crippen LogP contribution in [0, 0.1) is 6.92 Å². The molecule has 9 heteroatoms. The van der Waals surface area contributed by atoms with Crippen molar-refractivity contribution in [3.05, 3.63) is 59.0 Å². The number of amides is 2. The van der Waals surface area contributed by atoms with Crippen molar-refractivity contribution < 1.29 is 18.5 Å². The van der Waals surface area contributed by atoms with Crippen molar-refractivity contribution in [2.24, 2.45) is 0 Å². The first-order valence-electron chi connectivity index (χ1n) is 9.26. The van der Waals surface area contributed by atoms with Gasteiger partial charge in [-0.3, -0.25) is 9.59 Å². The van der Waals surface area contributed by atoms with Gasteiger partial charge in [0.1, 0.15) is 17.3 Å². The Morgan fingerprint density at radius 1 is 1.23 bits per heavy atom. The van der Waals surface area contributed by atoms with E-state index in [0.717, 1.165) is 5.56 Å². The van der Waals surface area contributed by atoms with Gasteiger partial charge >= 0.3 is 0 Å². The van der Waals surface area contributed by atoms with Gasteiger partial charge in [-0.2, -0.15) is 0 Å². The normalized spacial score (nSPS) is 11.9. The number of aromatic nitrogens is 1. The third-order valence-corrected chi connectivity index (χ3v) is 5.69. The second kappa shape index (κ2) is 9.86. The number of aryl methyl sites for hydroxylation is 1. The molecule has 0 bridgehead atoms. The number of nitrogens with one attached hydrogen (secondary N) is 1. The number of carbonyl (C=O) groups excluding carboxylic acids is 2. The summed E-state index contributed by atoms with van der Waals surface area (Å²) in [5.41, 5.74) is 0.914. The summed E-state index contributed by atoms with van der Waals surface area (Å²) >= 11 is 7.17. The van der Waals surface area contributed by atoms with Crippen LogP contribution in [0.2, 0.25) is 5.02 Å². The van der Waals surface area contributed by atoms with Crippen molar-refractivity contribution in [3.63, 3.8) is 0 Å². The Balaban J connectivity index is 1.47. The fraction of sp³-hybridized carbons (Fsp3) is 0.286. The highest BCUT2D eigenvalue weighted by Crippen LogP contribution is 2.24. The van der Waals surface area contributed by atoms with Gasteiger partial charge in [0.2, 0.25) is 11.8 Å². The van der Waals surface area contributed by atoms with Gasteiger partial charge in [0.05, 0.1) is 17.5 Å². The van der Waals surface area contributed by atoms with Gasteiger partial charge in [0.15, 0.2) is 5.82 Å². The Hall–Kier alpha value is -2.71. The van der Waals surface area contributed by atoms with Gasteiger partial charge in [0.25, 0.3) is 0 Å². The van der Waals surface area contributed by atoms with Gasteiger partial charge < -0.3 is 19.2 Å². The molecule has 0 saturated heterocycles. The fourth-order valence-corrected chi connectivity index (χ4v) is 3.54. The van der Waals surface area contributed by atoms with Crippen molar-refractivity contribution in [3.8, 4) is 11.3 Å². The van der Waals surface area contributed by atoms with E-state index in [1.165, 1.54) is 11.8 Å². The quantitative estimate of drug-likeness (QED) is 0.542. The second-order valence-corrected chi connectivity index (χ2v) is 8.55. The zero-order valence-electron chi connectivity index (χ0n) is 16.8. The number of furan rings is 1. The SMILES string of the molecule is Cc1cc(NC(=O)[C@H](C)SCC(=O)N(C)Cc2ccc(-c3ccc(Cl)cc3)o2)no1. The first kappa shape index (κ1) is 22.0. The van der Waals surface area contributed by atoms with Crippen LogP contribution >= 0.6 is 23.4 Å². The Morgan fingerprint density at radius 3 is 2.63 bits per heavy atom. The highest BCUT2D eigenvalue weighted by Gasteiger charge is 2.19. The van der Waals surface area contributed by atoms with Crippen LogP contribution in [0.4, 0.5) is 5.82 Å². The average Bonchev–Trinajstić information content (AvgIpc) is 3.35. The van der Waals surface area contributed by atoms with E-state index >= 15 is 0 Å². The maximum absolute atomic E-state index is 12.4. The number of thioether (sulfide) groups is 1. The molecule has 2 amide bonds. The van der Waals surface area contributed by atoms with Crippen LogP contribution in [-0.4, -0.2) is 39.9 Å². The largest absolute Gasteiger partial charge is 0.459 e. The van der Waals surface area contributed by atoms with Gasteiger partial charge in [-0.1, -0.05) is 16.8 Å². The zero-order chi connectivity index (χ0) is 21.7. The van der Waals surface area contributed by atoms with E-state index in [-0.39, 0.29) is 17.6 Å². The number of carbonyl (C=O) groups is 2. The Labute approximate surface area is 183 Å². The van der Waals surface area contributed by atoms with Crippen LogP contribution in [0.15, 0.2) is 51.4 Å². The molecule has 0 aliphatic carbocycles. The third-order valence-electron chi connectivity index (χ3n) is 4.31. The molecule has 1 N–H and O–H groups in total. The monoisotopic (exact) mass is 447 g/mol. The molecule has 0 fully saturated rings. The van der Waals surface area contributed by atoms with E-state index < -0.39 is 5.25 Å². The van der Waals surface area contributed by atoms with Crippen molar-refractivity contribution >= 4 is 41.0 Å². The zero-order valence-corrected chi connectivity index (χ0v) is 18.4. The number of hydrogen-bond acceptors (Lipinski definition) is 6. The van der Waals surface area contributed by atoms with Crippen LogP contribution in [0.3, 0.4) is 0 Å². The molecule has 7 nitrogen and oxygen atoms in total. The summed E-state index contributed by atoms with van der Waals surface area (Å²) < 4.78 is 10.8. The van der Waals surface area contributed by atoms with Crippen molar-refractivity contribution in [1.82, 2.24) is 10.1 Å². The number of benzene rings is 1. The number of hydrogen-bond donors (Lipinski definition) is 1. The Bertz CT molecular complexity index is 1020.